The number of hydrogen-bond acceptors (Lipinski definition) is 3. The largest absolute Gasteiger partial charge is 0.296 e. The fourth-order valence-corrected chi connectivity index (χ4v) is 2.30. The van der Waals surface area contributed by atoms with Crippen LogP contribution in [0.15, 0.2) is 12.1 Å². The number of carbonyl (C=O) groups is 1. The first kappa shape index (κ1) is 15.8. The summed E-state index contributed by atoms with van der Waals surface area (Å²) in [6.45, 7) is 8.89. The molecule has 6 heteroatoms. The summed E-state index contributed by atoms with van der Waals surface area (Å²) in [5.74, 6) is 0.497. The van der Waals surface area contributed by atoms with E-state index < -0.39 is 0 Å². The molecular formula is C15H21ClN4O. The van der Waals surface area contributed by atoms with Gasteiger partial charge < -0.3 is 0 Å². The Bertz CT molecular complexity index is 657. The lowest BCUT2D eigenvalue weighted by molar-refractivity contribution is -0.117. The SMILES string of the molecule is CCCn1c(NC(=O)CC(C)(C)C)nc2ccc(Cl)nc21. The monoisotopic (exact) mass is 308 g/mol. The highest BCUT2D eigenvalue weighted by molar-refractivity contribution is 6.29. The molecule has 0 aliphatic rings. The van der Waals surface area contributed by atoms with Crippen LogP contribution >= 0.6 is 11.6 Å². The third-order valence-electron chi connectivity index (χ3n) is 2.95. The smallest absolute Gasteiger partial charge is 0.227 e. The van der Waals surface area contributed by atoms with Gasteiger partial charge in [0.2, 0.25) is 11.9 Å². The van der Waals surface area contributed by atoms with Crippen molar-refractivity contribution in [3.63, 3.8) is 0 Å². The van der Waals surface area contributed by atoms with Crippen molar-refractivity contribution in [2.45, 2.75) is 47.1 Å². The minimum Gasteiger partial charge on any atom is -0.296 e. The number of aryl methyl sites for hydroxylation is 1. The van der Waals surface area contributed by atoms with Crippen LogP contribution in [-0.2, 0) is 11.3 Å². The first-order valence-electron chi connectivity index (χ1n) is 7.13. The molecule has 2 aromatic heterocycles. The Morgan fingerprint density at radius 3 is 2.67 bits per heavy atom. The average Bonchev–Trinajstić information content (AvgIpc) is 2.65. The fourth-order valence-electron chi connectivity index (χ4n) is 2.16. The number of rotatable bonds is 4. The minimum absolute atomic E-state index is 0.0405. The van der Waals surface area contributed by atoms with Gasteiger partial charge >= 0.3 is 0 Å². The highest BCUT2D eigenvalue weighted by Gasteiger charge is 2.19. The van der Waals surface area contributed by atoms with E-state index in [1.54, 1.807) is 6.07 Å². The molecule has 5 nitrogen and oxygen atoms in total. The quantitative estimate of drug-likeness (QED) is 0.872. The molecule has 2 aromatic rings. The van der Waals surface area contributed by atoms with Gasteiger partial charge in [-0.05, 0) is 24.0 Å². The van der Waals surface area contributed by atoms with E-state index in [4.69, 9.17) is 11.6 Å². The first-order chi connectivity index (χ1) is 9.80. The normalized spacial score (nSPS) is 11.9. The molecule has 0 radical (unpaired) electrons. The number of fused-ring (bicyclic) bond motifs is 1. The van der Waals surface area contributed by atoms with Gasteiger partial charge in [-0.2, -0.15) is 0 Å². The van der Waals surface area contributed by atoms with E-state index in [-0.39, 0.29) is 11.3 Å². The van der Waals surface area contributed by atoms with E-state index in [1.807, 2.05) is 31.4 Å². The molecule has 114 valence electrons. The Hall–Kier alpha value is -1.62. The second kappa shape index (κ2) is 6.02. The van der Waals surface area contributed by atoms with Crippen LogP contribution in [0.5, 0.6) is 0 Å². The van der Waals surface area contributed by atoms with Crippen LogP contribution < -0.4 is 5.32 Å². The molecule has 1 N–H and O–H groups in total. The second-order valence-corrected chi connectivity index (χ2v) is 6.74. The highest BCUT2D eigenvalue weighted by Crippen LogP contribution is 2.23. The molecule has 0 atom stereocenters. The molecule has 0 bridgehead atoms. The van der Waals surface area contributed by atoms with Crippen molar-refractivity contribution in [1.82, 2.24) is 14.5 Å². The van der Waals surface area contributed by atoms with Crippen LogP contribution in [0.2, 0.25) is 5.15 Å². The molecule has 0 fully saturated rings. The number of aromatic nitrogens is 3. The molecule has 1 amide bonds. The number of imidazole rings is 1. The molecule has 0 spiro atoms. The van der Waals surface area contributed by atoms with Crippen molar-refractivity contribution in [2.24, 2.45) is 5.41 Å². The predicted molar refractivity (Wildman–Crippen MR) is 85.5 cm³/mol. The summed E-state index contributed by atoms with van der Waals surface area (Å²) < 4.78 is 1.90. The van der Waals surface area contributed by atoms with Crippen LogP contribution in [0.3, 0.4) is 0 Å². The number of hydrogen-bond donors (Lipinski definition) is 1. The maximum atomic E-state index is 12.1. The lowest BCUT2D eigenvalue weighted by Crippen LogP contribution is -2.21. The number of pyridine rings is 1. The van der Waals surface area contributed by atoms with Crippen molar-refractivity contribution in [1.29, 1.82) is 0 Å². The Morgan fingerprint density at radius 1 is 1.33 bits per heavy atom. The standard InChI is InChI=1S/C15H21ClN4O/c1-5-8-20-13-10(6-7-11(16)18-13)17-14(20)19-12(21)9-15(2,3)4/h6-7H,5,8-9H2,1-4H3,(H,17,19,21). The molecule has 0 aliphatic heterocycles. The maximum absolute atomic E-state index is 12.1. The van der Waals surface area contributed by atoms with Gasteiger partial charge in [0, 0.05) is 13.0 Å². The van der Waals surface area contributed by atoms with Gasteiger partial charge in [0.1, 0.15) is 10.7 Å². The number of amides is 1. The van der Waals surface area contributed by atoms with Gasteiger partial charge in [0.05, 0.1) is 0 Å². The molecule has 0 saturated carbocycles. The summed E-state index contributed by atoms with van der Waals surface area (Å²) in [4.78, 5) is 20.9. The van der Waals surface area contributed by atoms with Gasteiger partial charge in [0.15, 0.2) is 5.65 Å². The van der Waals surface area contributed by atoms with E-state index in [0.29, 0.717) is 23.2 Å². The van der Waals surface area contributed by atoms with Crippen molar-refractivity contribution < 1.29 is 4.79 Å². The van der Waals surface area contributed by atoms with Gasteiger partial charge in [-0.15, -0.1) is 0 Å². The number of carbonyl (C=O) groups excluding carboxylic acids is 1. The van der Waals surface area contributed by atoms with Crippen LogP contribution in [0.4, 0.5) is 5.95 Å². The molecule has 2 rings (SSSR count). The maximum Gasteiger partial charge on any atom is 0.227 e. The van der Waals surface area contributed by atoms with E-state index in [0.717, 1.165) is 18.5 Å². The third-order valence-corrected chi connectivity index (χ3v) is 3.16. The molecule has 2 heterocycles. The van der Waals surface area contributed by atoms with Crippen molar-refractivity contribution in [3.8, 4) is 0 Å². The van der Waals surface area contributed by atoms with E-state index >= 15 is 0 Å². The zero-order chi connectivity index (χ0) is 15.6. The number of halogens is 1. The fraction of sp³-hybridized carbons (Fsp3) is 0.533. The first-order valence-corrected chi connectivity index (χ1v) is 7.50. The third kappa shape index (κ3) is 3.94. The zero-order valence-corrected chi connectivity index (χ0v) is 13.7. The molecule has 21 heavy (non-hydrogen) atoms. The summed E-state index contributed by atoms with van der Waals surface area (Å²) in [6.07, 6.45) is 1.36. The second-order valence-electron chi connectivity index (χ2n) is 6.35. The number of nitrogens with zero attached hydrogens (tertiary/aromatic N) is 3. The number of nitrogens with one attached hydrogen (secondary N) is 1. The molecule has 0 unspecified atom stereocenters. The van der Waals surface area contributed by atoms with E-state index in [1.165, 1.54) is 0 Å². The lowest BCUT2D eigenvalue weighted by atomic mass is 9.92. The Morgan fingerprint density at radius 2 is 2.05 bits per heavy atom. The number of anilines is 1. The van der Waals surface area contributed by atoms with Gasteiger partial charge in [-0.3, -0.25) is 14.7 Å². The van der Waals surface area contributed by atoms with Crippen molar-refractivity contribution in [2.75, 3.05) is 5.32 Å². The Balaban J connectivity index is 2.34. The van der Waals surface area contributed by atoms with Crippen molar-refractivity contribution in [3.05, 3.63) is 17.3 Å². The summed E-state index contributed by atoms with van der Waals surface area (Å²) >= 11 is 5.95. The summed E-state index contributed by atoms with van der Waals surface area (Å²) in [6, 6.07) is 3.52. The Labute approximate surface area is 129 Å². The van der Waals surface area contributed by atoms with E-state index in [2.05, 4.69) is 22.2 Å². The highest BCUT2D eigenvalue weighted by atomic mass is 35.5. The van der Waals surface area contributed by atoms with Gasteiger partial charge in [-0.25, -0.2) is 9.97 Å². The van der Waals surface area contributed by atoms with Gasteiger partial charge in [-0.1, -0.05) is 39.3 Å². The molecular weight excluding hydrogens is 288 g/mol. The van der Waals surface area contributed by atoms with E-state index in [9.17, 15) is 4.79 Å². The molecule has 0 aromatic carbocycles. The minimum atomic E-state index is -0.0623. The molecule has 0 aliphatic carbocycles. The van der Waals surface area contributed by atoms with Crippen LogP contribution in [0.25, 0.3) is 11.2 Å². The summed E-state index contributed by atoms with van der Waals surface area (Å²) in [5, 5.41) is 3.31. The van der Waals surface area contributed by atoms with Crippen molar-refractivity contribution >= 4 is 34.6 Å². The van der Waals surface area contributed by atoms with Crippen LogP contribution in [0.1, 0.15) is 40.5 Å². The van der Waals surface area contributed by atoms with Crippen LogP contribution in [-0.4, -0.2) is 20.4 Å². The lowest BCUT2D eigenvalue weighted by Gasteiger charge is -2.17. The summed E-state index contributed by atoms with van der Waals surface area (Å²) in [7, 11) is 0. The summed E-state index contributed by atoms with van der Waals surface area (Å²) in [5.41, 5.74) is 1.38. The molecule has 0 saturated heterocycles. The van der Waals surface area contributed by atoms with Gasteiger partial charge in [0.25, 0.3) is 0 Å². The Kier molecular flexibility index (Phi) is 4.52. The zero-order valence-electron chi connectivity index (χ0n) is 12.9. The van der Waals surface area contributed by atoms with Crippen LogP contribution in [0, 0.1) is 5.41 Å². The predicted octanol–water partition coefficient (Wildman–Crippen LogP) is 3.87. The average molecular weight is 309 g/mol. The topological polar surface area (TPSA) is 59.8 Å².